The highest BCUT2D eigenvalue weighted by molar-refractivity contribution is 5.27. The minimum absolute atomic E-state index is 0.543. The van der Waals surface area contributed by atoms with Crippen LogP contribution in [0.3, 0.4) is 0 Å². The van der Waals surface area contributed by atoms with Crippen LogP contribution >= 0.6 is 0 Å². The number of ether oxygens (including phenoxy) is 1. The van der Waals surface area contributed by atoms with Crippen LogP contribution in [0, 0.1) is 6.92 Å². The highest BCUT2D eigenvalue weighted by Gasteiger charge is 2.21. The molecule has 1 saturated carbocycles. The van der Waals surface area contributed by atoms with Crippen LogP contribution in [0.5, 0.6) is 5.75 Å². The highest BCUT2D eigenvalue weighted by atomic mass is 16.5. The van der Waals surface area contributed by atoms with Crippen molar-refractivity contribution in [2.45, 2.75) is 38.8 Å². The van der Waals surface area contributed by atoms with E-state index >= 15 is 0 Å². The van der Waals surface area contributed by atoms with E-state index < -0.39 is 0 Å². The second-order valence-corrected chi connectivity index (χ2v) is 5.16. The van der Waals surface area contributed by atoms with Gasteiger partial charge in [0.2, 0.25) is 11.8 Å². The molecule has 1 fully saturated rings. The third kappa shape index (κ3) is 3.81. The molecule has 106 valence electrons. The Bertz CT molecular complexity index is 564. The van der Waals surface area contributed by atoms with Crippen molar-refractivity contribution in [3.05, 3.63) is 41.6 Å². The molecule has 1 aromatic carbocycles. The smallest absolute Gasteiger partial charge is 0.230 e. The molecule has 0 saturated heterocycles. The van der Waals surface area contributed by atoms with Crippen molar-refractivity contribution in [3.63, 3.8) is 0 Å². The molecular formula is C15H19N3O2. The Morgan fingerprint density at radius 3 is 2.95 bits per heavy atom. The number of aromatic nitrogens is 2. The standard InChI is InChI=1S/C15H19N3O2/c1-11-3-2-4-13(9-11)19-8-7-14-17-18-15(20-14)10-16-12-5-6-12/h2-4,9,12,16H,5-8,10H2,1H3. The largest absolute Gasteiger partial charge is 0.493 e. The second kappa shape index (κ2) is 6.05. The zero-order valence-electron chi connectivity index (χ0n) is 11.6. The second-order valence-electron chi connectivity index (χ2n) is 5.16. The molecule has 0 unspecified atom stereocenters. The number of nitrogens with zero attached hydrogens (tertiary/aromatic N) is 2. The predicted octanol–water partition coefficient (Wildman–Crippen LogP) is 2.25. The van der Waals surface area contributed by atoms with Crippen LogP contribution in [0.4, 0.5) is 0 Å². The fourth-order valence-electron chi connectivity index (χ4n) is 1.94. The van der Waals surface area contributed by atoms with E-state index in [0.29, 0.717) is 37.4 Å². The monoisotopic (exact) mass is 273 g/mol. The Morgan fingerprint density at radius 2 is 2.15 bits per heavy atom. The number of nitrogens with one attached hydrogen (secondary N) is 1. The molecular weight excluding hydrogens is 254 g/mol. The number of hydrogen-bond acceptors (Lipinski definition) is 5. The molecule has 1 N–H and O–H groups in total. The summed E-state index contributed by atoms with van der Waals surface area (Å²) >= 11 is 0. The minimum Gasteiger partial charge on any atom is -0.493 e. The van der Waals surface area contributed by atoms with Crippen molar-refractivity contribution in [3.8, 4) is 5.75 Å². The average molecular weight is 273 g/mol. The van der Waals surface area contributed by atoms with Gasteiger partial charge in [-0.15, -0.1) is 10.2 Å². The van der Waals surface area contributed by atoms with E-state index in [-0.39, 0.29) is 0 Å². The van der Waals surface area contributed by atoms with Gasteiger partial charge in [-0.25, -0.2) is 0 Å². The van der Waals surface area contributed by atoms with E-state index in [9.17, 15) is 0 Å². The van der Waals surface area contributed by atoms with Crippen LogP contribution in [0.15, 0.2) is 28.7 Å². The molecule has 0 bridgehead atoms. The van der Waals surface area contributed by atoms with Crippen molar-refractivity contribution >= 4 is 0 Å². The first-order valence-corrected chi connectivity index (χ1v) is 7.04. The van der Waals surface area contributed by atoms with Crippen molar-refractivity contribution in [2.75, 3.05) is 6.61 Å². The summed E-state index contributed by atoms with van der Waals surface area (Å²) in [5.74, 6) is 2.16. The molecule has 5 heteroatoms. The van der Waals surface area contributed by atoms with Crippen LogP contribution in [0.2, 0.25) is 0 Å². The predicted molar refractivity (Wildman–Crippen MR) is 74.5 cm³/mol. The third-order valence-electron chi connectivity index (χ3n) is 3.20. The van der Waals surface area contributed by atoms with E-state index in [1.54, 1.807) is 0 Å². The molecule has 0 amide bonds. The van der Waals surface area contributed by atoms with Gasteiger partial charge in [-0.05, 0) is 37.5 Å². The van der Waals surface area contributed by atoms with Crippen molar-refractivity contribution < 1.29 is 9.15 Å². The van der Waals surface area contributed by atoms with Gasteiger partial charge in [0, 0.05) is 6.04 Å². The number of aryl methyl sites for hydroxylation is 1. The molecule has 1 heterocycles. The topological polar surface area (TPSA) is 60.2 Å². The first kappa shape index (κ1) is 13.1. The van der Waals surface area contributed by atoms with E-state index in [1.165, 1.54) is 18.4 Å². The van der Waals surface area contributed by atoms with E-state index in [1.807, 2.05) is 31.2 Å². The quantitative estimate of drug-likeness (QED) is 0.838. The first-order chi connectivity index (χ1) is 9.79. The van der Waals surface area contributed by atoms with Crippen LogP contribution in [-0.2, 0) is 13.0 Å². The lowest BCUT2D eigenvalue weighted by Crippen LogP contribution is -2.15. The molecule has 1 aliphatic rings. The SMILES string of the molecule is Cc1cccc(OCCc2nnc(CNC3CC3)o2)c1. The summed E-state index contributed by atoms with van der Waals surface area (Å²) in [6.07, 6.45) is 3.14. The van der Waals surface area contributed by atoms with Crippen LogP contribution < -0.4 is 10.1 Å². The lowest BCUT2D eigenvalue weighted by atomic mass is 10.2. The maximum atomic E-state index is 5.66. The zero-order chi connectivity index (χ0) is 13.8. The maximum Gasteiger partial charge on any atom is 0.230 e. The summed E-state index contributed by atoms with van der Waals surface area (Å²) in [6.45, 7) is 3.25. The average Bonchev–Trinajstić information content (AvgIpc) is 3.16. The van der Waals surface area contributed by atoms with Crippen molar-refractivity contribution in [1.82, 2.24) is 15.5 Å². The molecule has 20 heavy (non-hydrogen) atoms. The van der Waals surface area contributed by atoms with Gasteiger partial charge in [-0.1, -0.05) is 12.1 Å². The molecule has 1 aromatic heterocycles. The summed E-state index contributed by atoms with van der Waals surface area (Å²) in [5.41, 5.74) is 1.19. The maximum absolute atomic E-state index is 5.66. The molecule has 5 nitrogen and oxygen atoms in total. The Morgan fingerprint density at radius 1 is 1.30 bits per heavy atom. The lowest BCUT2D eigenvalue weighted by Gasteiger charge is -2.04. The molecule has 2 aromatic rings. The van der Waals surface area contributed by atoms with Gasteiger partial charge in [0.15, 0.2) is 0 Å². The third-order valence-corrected chi connectivity index (χ3v) is 3.20. The van der Waals surface area contributed by atoms with Gasteiger partial charge in [-0.2, -0.15) is 0 Å². The van der Waals surface area contributed by atoms with Crippen LogP contribution in [0.1, 0.15) is 30.2 Å². The van der Waals surface area contributed by atoms with Crippen molar-refractivity contribution in [2.24, 2.45) is 0 Å². The summed E-state index contributed by atoms with van der Waals surface area (Å²) in [7, 11) is 0. The Balaban J connectivity index is 1.43. The summed E-state index contributed by atoms with van der Waals surface area (Å²) in [4.78, 5) is 0. The molecule has 0 radical (unpaired) electrons. The van der Waals surface area contributed by atoms with Crippen molar-refractivity contribution in [1.29, 1.82) is 0 Å². The fraction of sp³-hybridized carbons (Fsp3) is 0.467. The van der Waals surface area contributed by atoms with Crippen LogP contribution in [-0.4, -0.2) is 22.8 Å². The van der Waals surface area contributed by atoms with Gasteiger partial charge in [0.1, 0.15) is 5.75 Å². The van der Waals surface area contributed by atoms with Gasteiger partial charge in [0.25, 0.3) is 0 Å². The summed E-state index contributed by atoms with van der Waals surface area (Å²) in [5, 5.41) is 11.4. The molecule has 0 atom stereocenters. The molecule has 0 aliphatic heterocycles. The first-order valence-electron chi connectivity index (χ1n) is 7.04. The van der Waals surface area contributed by atoms with Gasteiger partial charge in [0.05, 0.1) is 19.6 Å². The summed E-state index contributed by atoms with van der Waals surface area (Å²) < 4.78 is 11.2. The van der Waals surface area contributed by atoms with Gasteiger partial charge < -0.3 is 14.5 Å². The highest BCUT2D eigenvalue weighted by Crippen LogP contribution is 2.19. The summed E-state index contributed by atoms with van der Waals surface area (Å²) in [6, 6.07) is 8.64. The lowest BCUT2D eigenvalue weighted by molar-refractivity contribution is 0.303. The Labute approximate surface area is 118 Å². The number of hydrogen-bond donors (Lipinski definition) is 1. The van der Waals surface area contributed by atoms with Crippen LogP contribution in [0.25, 0.3) is 0 Å². The molecule has 0 spiro atoms. The zero-order valence-corrected chi connectivity index (χ0v) is 11.6. The van der Waals surface area contributed by atoms with E-state index in [0.717, 1.165) is 5.75 Å². The Hall–Kier alpha value is -1.88. The molecule has 1 aliphatic carbocycles. The van der Waals surface area contributed by atoms with E-state index in [4.69, 9.17) is 9.15 Å². The van der Waals surface area contributed by atoms with E-state index in [2.05, 4.69) is 15.5 Å². The number of benzene rings is 1. The van der Waals surface area contributed by atoms with Gasteiger partial charge >= 0.3 is 0 Å². The fourth-order valence-corrected chi connectivity index (χ4v) is 1.94. The molecule has 3 rings (SSSR count). The van der Waals surface area contributed by atoms with Gasteiger partial charge in [-0.3, -0.25) is 0 Å². The normalized spacial score (nSPS) is 14.4. The Kier molecular flexibility index (Phi) is 3.97. The minimum atomic E-state index is 0.543. The number of rotatable bonds is 7.